The minimum absolute atomic E-state index is 0.0273. The summed E-state index contributed by atoms with van der Waals surface area (Å²) in [6.07, 6.45) is 7.16. The Morgan fingerprint density at radius 1 is 1.25 bits per heavy atom. The lowest BCUT2D eigenvalue weighted by molar-refractivity contribution is -0.129. The van der Waals surface area contributed by atoms with Gasteiger partial charge in [-0.2, -0.15) is 0 Å². The number of amides is 2. The summed E-state index contributed by atoms with van der Waals surface area (Å²) in [5.41, 5.74) is 3.42. The van der Waals surface area contributed by atoms with Gasteiger partial charge in [-0.05, 0) is 62.8 Å². The highest BCUT2D eigenvalue weighted by Gasteiger charge is 2.38. The van der Waals surface area contributed by atoms with E-state index in [9.17, 15) is 9.59 Å². The lowest BCUT2D eigenvalue weighted by Gasteiger charge is -2.34. The normalized spacial score (nSPS) is 26.1. The number of fused-ring (bicyclic) bond motifs is 1. The van der Waals surface area contributed by atoms with Crippen molar-refractivity contribution in [1.82, 2.24) is 25.9 Å². The van der Waals surface area contributed by atoms with E-state index >= 15 is 0 Å². The SMILES string of the molecule is C=C(C)C1(C)Cc2cc(C(=O)NCC3C(=O)NC(C)CC3CCC)cc(-c3cnc(N4CCNCC4)nc3)c2O1. The molecule has 3 aliphatic heterocycles. The summed E-state index contributed by atoms with van der Waals surface area (Å²) >= 11 is 0. The zero-order valence-corrected chi connectivity index (χ0v) is 24.2. The van der Waals surface area contributed by atoms with E-state index in [1.165, 1.54) is 0 Å². The van der Waals surface area contributed by atoms with Crippen molar-refractivity contribution in [3.05, 3.63) is 47.8 Å². The molecular weight excluding hydrogens is 504 g/mol. The predicted molar refractivity (Wildman–Crippen MR) is 157 cm³/mol. The second-order valence-corrected chi connectivity index (χ2v) is 11.8. The lowest BCUT2D eigenvalue weighted by atomic mass is 9.80. The molecule has 9 heteroatoms. The maximum atomic E-state index is 13.5. The van der Waals surface area contributed by atoms with Crippen molar-refractivity contribution in [1.29, 1.82) is 0 Å². The Balaban J connectivity index is 1.41. The number of anilines is 1. The number of hydrogen-bond acceptors (Lipinski definition) is 7. The van der Waals surface area contributed by atoms with Gasteiger partial charge in [0.1, 0.15) is 11.4 Å². The molecule has 9 nitrogen and oxygen atoms in total. The van der Waals surface area contributed by atoms with Crippen molar-refractivity contribution in [3.8, 4) is 16.9 Å². The van der Waals surface area contributed by atoms with Gasteiger partial charge in [0, 0.05) is 74.3 Å². The van der Waals surface area contributed by atoms with Crippen LogP contribution in [0.5, 0.6) is 5.75 Å². The van der Waals surface area contributed by atoms with Gasteiger partial charge in [0.05, 0.1) is 5.92 Å². The predicted octanol–water partition coefficient (Wildman–Crippen LogP) is 3.49. The van der Waals surface area contributed by atoms with Gasteiger partial charge in [0.15, 0.2) is 0 Å². The monoisotopic (exact) mass is 546 g/mol. The molecular formula is C31H42N6O3. The Labute approximate surface area is 237 Å². The summed E-state index contributed by atoms with van der Waals surface area (Å²) in [7, 11) is 0. The zero-order chi connectivity index (χ0) is 28.4. The molecule has 5 rings (SSSR count). The van der Waals surface area contributed by atoms with Crippen molar-refractivity contribution < 1.29 is 14.3 Å². The minimum Gasteiger partial charge on any atom is -0.482 e. The Morgan fingerprint density at radius 3 is 2.65 bits per heavy atom. The van der Waals surface area contributed by atoms with Gasteiger partial charge in [0.2, 0.25) is 11.9 Å². The number of rotatable bonds is 8. The van der Waals surface area contributed by atoms with Gasteiger partial charge in [-0.15, -0.1) is 0 Å². The summed E-state index contributed by atoms with van der Waals surface area (Å²) < 4.78 is 6.48. The van der Waals surface area contributed by atoms with E-state index in [4.69, 9.17) is 4.74 Å². The molecule has 40 heavy (non-hydrogen) atoms. The molecule has 2 amide bonds. The van der Waals surface area contributed by atoms with E-state index in [0.29, 0.717) is 24.5 Å². The van der Waals surface area contributed by atoms with Gasteiger partial charge in [0.25, 0.3) is 5.91 Å². The topological polar surface area (TPSA) is 108 Å². The number of nitrogens with one attached hydrogen (secondary N) is 3. The molecule has 2 fully saturated rings. The van der Waals surface area contributed by atoms with Gasteiger partial charge in [-0.25, -0.2) is 9.97 Å². The van der Waals surface area contributed by atoms with E-state index in [1.54, 1.807) is 0 Å². The van der Waals surface area contributed by atoms with Crippen molar-refractivity contribution in [2.45, 2.75) is 65.0 Å². The van der Waals surface area contributed by atoms with Crippen LogP contribution in [0.2, 0.25) is 0 Å². The maximum Gasteiger partial charge on any atom is 0.251 e. The van der Waals surface area contributed by atoms with E-state index in [2.05, 4.69) is 44.3 Å². The van der Waals surface area contributed by atoms with Crippen molar-refractivity contribution in [2.24, 2.45) is 11.8 Å². The third-order valence-corrected chi connectivity index (χ3v) is 8.63. The van der Waals surface area contributed by atoms with Crippen LogP contribution < -0.4 is 25.6 Å². The molecule has 0 radical (unpaired) electrons. The first-order chi connectivity index (χ1) is 19.2. The van der Waals surface area contributed by atoms with Crippen LogP contribution in [-0.4, -0.2) is 66.1 Å². The molecule has 0 aliphatic carbocycles. The second-order valence-electron chi connectivity index (χ2n) is 11.8. The number of hydrogen-bond donors (Lipinski definition) is 3. The average molecular weight is 547 g/mol. The molecule has 4 unspecified atom stereocenters. The lowest BCUT2D eigenvalue weighted by Crippen LogP contribution is -2.51. The molecule has 4 atom stereocenters. The fourth-order valence-electron chi connectivity index (χ4n) is 6.13. The first kappa shape index (κ1) is 28.1. The number of ether oxygens (including phenoxy) is 1. The fraction of sp³-hybridized carbons (Fsp3) is 0.548. The third kappa shape index (κ3) is 5.70. The smallest absolute Gasteiger partial charge is 0.251 e. The van der Waals surface area contributed by atoms with Crippen LogP contribution in [0.1, 0.15) is 62.9 Å². The van der Waals surface area contributed by atoms with Crippen LogP contribution in [0.4, 0.5) is 5.95 Å². The third-order valence-electron chi connectivity index (χ3n) is 8.63. The molecule has 214 valence electrons. The number of carbonyl (C=O) groups excluding carboxylic acids is 2. The number of nitrogens with zero attached hydrogens (tertiary/aromatic N) is 3. The maximum absolute atomic E-state index is 13.5. The number of aromatic nitrogens is 2. The summed E-state index contributed by atoms with van der Waals surface area (Å²) in [6.45, 7) is 16.2. The molecule has 3 aliphatic rings. The molecule has 0 spiro atoms. The summed E-state index contributed by atoms with van der Waals surface area (Å²) in [5.74, 6) is 1.30. The molecule has 4 heterocycles. The van der Waals surface area contributed by atoms with E-state index in [0.717, 1.165) is 73.5 Å². The number of benzene rings is 1. The molecule has 0 bridgehead atoms. The van der Waals surface area contributed by atoms with Crippen LogP contribution in [0, 0.1) is 11.8 Å². The second kappa shape index (κ2) is 11.6. The van der Waals surface area contributed by atoms with Gasteiger partial charge in [-0.1, -0.05) is 19.9 Å². The van der Waals surface area contributed by atoms with Crippen LogP contribution >= 0.6 is 0 Å². The Bertz CT molecular complexity index is 1270. The first-order valence-corrected chi connectivity index (χ1v) is 14.6. The van der Waals surface area contributed by atoms with E-state index in [-0.39, 0.29) is 29.7 Å². The van der Waals surface area contributed by atoms with Crippen LogP contribution in [-0.2, 0) is 11.2 Å². The standard InChI is InChI=1S/C31H42N6O3/c1-6-7-21-12-20(4)36-29(39)26(21)18-33-28(38)22-13-23-15-31(5,19(2)3)40-27(23)25(14-22)24-16-34-30(35-17-24)37-10-8-32-9-11-37/h13-14,16-17,20-21,26,32H,2,6-12,15,18H2,1,3-5H3,(H,33,38)(H,36,39). The van der Waals surface area contributed by atoms with Crippen molar-refractivity contribution in [2.75, 3.05) is 37.6 Å². The molecule has 1 aromatic heterocycles. The largest absolute Gasteiger partial charge is 0.482 e. The first-order valence-electron chi connectivity index (χ1n) is 14.6. The minimum atomic E-state index is -0.558. The highest BCUT2D eigenvalue weighted by molar-refractivity contribution is 5.97. The Hall–Kier alpha value is -3.46. The van der Waals surface area contributed by atoms with Crippen molar-refractivity contribution >= 4 is 17.8 Å². The summed E-state index contributed by atoms with van der Waals surface area (Å²) in [4.78, 5) is 37.8. The molecule has 2 aromatic rings. The molecule has 3 N–H and O–H groups in total. The summed E-state index contributed by atoms with van der Waals surface area (Å²) in [5, 5.41) is 9.47. The molecule has 1 aromatic carbocycles. The van der Waals surface area contributed by atoms with E-state index in [1.807, 2.05) is 45.3 Å². The van der Waals surface area contributed by atoms with Crippen LogP contribution in [0.15, 0.2) is 36.7 Å². The van der Waals surface area contributed by atoms with Gasteiger partial charge in [-0.3, -0.25) is 9.59 Å². The van der Waals surface area contributed by atoms with Crippen LogP contribution in [0.25, 0.3) is 11.1 Å². The van der Waals surface area contributed by atoms with Crippen molar-refractivity contribution in [3.63, 3.8) is 0 Å². The van der Waals surface area contributed by atoms with Crippen LogP contribution in [0.3, 0.4) is 0 Å². The number of carbonyl (C=O) groups is 2. The Morgan fingerprint density at radius 2 is 1.98 bits per heavy atom. The highest BCUT2D eigenvalue weighted by atomic mass is 16.5. The number of piperazine rings is 1. The Kier molecular flexibility index (Phi) is 8.12. The average Bonchev–Trinajstić information content (AvgIpc) is 3.30. The highest BCUT2D eigenvalue weighted by Crippen LogP contribution is 2.45. The quantitative estimate of drug-likeness (QED) is 0.435. The fourth-order valence-corrected chi connectivity index (χ4v) is 6.13. The molecule has 0 saturated carbocycles. The van der Waals surface area contributed by atoms with Gasteiger partial charge >= 0.3 is 0 Å². The van der Waals surface area contributed by atoms with E-state index < -0.39 is 5.60 Å². The zero-order valence-electron chi connectivity index (χ0n) is 24.2. The molecule has 2 saturated heterocycles. The number of piperidine rings is 1. The van der Waals surface area contributed by atoms with Gasteiger partial charge < -0.3 is 25.6 Å². The summed E-state index contributed by atoms with van der Waals surface area (Å²) in [6, 6.07) is 3.93.